The Balaban J connectivity index is 2.62. The van der Waals surface area contributed by atoms with E-state index in [-0.39, 0.29) is 6.04 Å². The van der Waals surface area contributed by atoms with E-state index in [0.717, 1.165) is 25.3 Å². The fourth-order valence-electron chi connectivity index (χ4n) is 2.02. The van der Waals surface area contributed by atoms with Crippen LogP contribution in [0.15, 0.2) is 10.7 Å². The molecule has 0 saturated carbocycles. The first kappa shape index (κ1) is 17.9. The van der Waals surface area contributed by atoms with Gasteiger partial charge in [-0.05, 0) is 19.4 Å². The highest BCUT2D eigenvalue weighted by Crippen LogP contribution is 2.16. The molecule has 0 bridgehead atoms. The van der Waals surface area contributed by atoms with Gasteiger partial charge in [0.2, 0.25) is 0 Å². The van der Waals surface area contributed by atoms with Crippen LogP contribution >= 0.6 is 0 Å². The second-order valence-corrected chi connectivity index (χ2v) is 5.64. The van der Waals surface area contributed by atoms with Crippen molar-refractivity contribution in [2.45, 2.75) is 33.4 Å². The zero-order valence-corrected chi connectivity index (χ0v) is 13.9. The quantitative estimate of drug-likeness (QED) is 0.673. The number of hydrogen-bond acceptors (Lipinski definition) is 6. The first-order valence-electron chi connectivity index (χ1n) is 7.48. The second-order valence-electron chi connectivity index (χ2n) is 5.64. The lowest BCUT2D eigenvalue weighted by Gasteiger charge is -2.26. The number of oxazole rings is 1. The third-order valence-electron chi connectivity index (χ3n) is 3.12. The molecular formula is C15H29N3O3. The van der Waals surface area contributed by atoms with Gasteiger partial charge >= 0.3 is 0 Å². The maximum atomic E-state index is 5.61. The summed E-state index contributed by atoms with van der Waals surface area (Å²) in [6, 6.07) is 0.804. The molecule has 6 heteroatoms. The van der Waals surface area contributed by atoms with Crippen molar-refractivity contribution in [1.29, 1.82) is 0 Å². The third-order valence-corrected chi connectivity index (χ3v) is 3.12. The fourth-order valence-corrected chi connectivity index (χ4v) is 2.02. The summed E-state index contributed by atoms with van der Waals surface area (Å²) < 4.78 is 16.0. The minimum Gasteiger partial charge on any atom is -0.432 e. The van der Waals surface area contributed by atoms with E-state index in [1.165, 1.54) is 0 Å². The number of aromatic nitrogens is 1. The Labute approximate surface area is 127 Å². The van der Waals surface area contributed by atoms with E-state index >= 15 is 0 Å². The van der Waals surface area contributed by atoms with Crippen LogP contribution in [-0.4, -0.2) is 51.5 Å². The summed E-state index contributed by atoms with van der Waals surface area (Å²) in [5, 5.41) is 3.36. The van der Waals surface area contributed by atoms with Crippen LogP contribution in [0.2, 0.25) is 0 Å². The number of nitrogens with zero attached hydrogens (tertiary/aromatic N) is 2. The molecule has 1 unspecified atom stereocenters. The molecule has 0 aliphatic carbocycles. The van der Waals surface area contributed by atoms with Gasteiger partial charge in [-0.15, -0.1) is 0 Å². The summed E-state index contributed by atoms with van der Waals surface area (Å²) in [5.74, 6) is 0.622. The monoisotopic (exact) mass is 299 g/mol. The first-order valence-corrected chi connectivity index (χ1v) is 7.48. The SMILES string of the molecule is COCCN(c1nc(CNCC(C)C)co1)C(C)COC. The van der Waals surface area contributed by atoms with Gasteiger partial charge < -0.3 is 24.1 Å². The molecule has 1 atom stereocenters. The average Bonchev–Trinajstić information content (AvgIpc) is 2.88. The third kappa shape index (κ3) is 6.46. The summed E-state index contributed by atoms with van der Waals surface area (Å²) in [4.78, 5) is 6.62. The number of methoxy groups -OCH3 is 2. The fraction of sp³-hybridized carbons (Fsp3) is 0.800. The van der Waals surface area contributed by atoms with Crippen molar-refractivity contribution in [3.63, 3.8) is 0 Å². The lowest BCUT2D eigenvalue weighted by atomic mass is 10.2. The van der Waals surface area contributed by atoms with Crippen molar-refractivity contribution in [2.75, 3.05) is 45.4 Å². The average molecular weight is 299 g/mol. The van der Waals surface area contributed by atoms with Gasteiger partial charge in [0, 0.05) is 27.3 Å². The Morgan fingerprint density at radius 2 is 2.05 bits per heavy atom. The summed E-state index contributed by atoms with van der Waals surface area (Å²) in [6.07, 6.45) is 1.71. The molecule has 0 aliphatic rings. The number of anilines is 1. The van der Waals surface area contributed by atoms with Gasteiger partial charge in [-0.1, -0.05) is 13.8 Å². The molecular weight excluding hydrogens is 270 g/mol. The van der Waals surface area contributed by atoms with Gasteiger partial charge in [0.25, 0.3) is 6.01 Å². The standard InChI is InChI=1S/C15H29N3O3/c1-12(2)8-16-9-14-11-21-15(17-14)18(6-7-19-4)13(3)10-20-5/h11-13,16H,6-10H2,1-5H3. The van der Waals surface area contributed by atoms with Crippen molar-refractivity contribution in [2.24, 2.45) is 5.92 Å². The zero-order valence-electron chi connectivity index (χ0n) is 13.9. The molecule has 0 fully saturated rings. The summed E-state index contributed by atoms with van der Waals surface area (Å²) in [5.41, 5.74) is 0.915. The van der Waals surface area contributed by atoms with Gasteiger partial charge in [-0.3, -0.25) is 0 Å². The smallest absolute Gasteiger partial charge is 0.297 e. The minimum atomic E-state index is 0.181. The van der Waals surface area contributed by atoms with Crippen molar-refractivity contribution in [3.05, 3.63) is 12.0 Å². The maximum absolute atomic E-state index is 5.61. The highest BCUT2D eigenvalue weighted by atomic mass is 16.5. The number of ether oxygens (including phenoxy) is 2. The van der Waals surface area contributed by atoms with E-state index in [4.69, 9.17) is 13.9 Å². The van der Waals surface area contributed by atoms with Crippen LogP contribution in [0.25, 0.3) is 0 Å². The van der Waals surface area contributed by atoms with E-state index in [0.29, 0.717) is 25.1 Å². The molecule has 0 aromatic carbocycles. The summed E-state index contributed by atoms with van der Waals surface area (Å²) >= 11 is 0. The Morgan fingerprint density at radius 1 is 1.29 bits per heavy atom. The molecule has 0 amide bonds. The van der Waals surface area contributed by atoms with Crippen LogP contribution in [0.4, 0.5) is 6.01 Å². The normalized spacial score (nSPS) is 12.9. The van der Waals surface area contributed by atoms with E-state index < -0.39 is 0 Å². The molecule has 0 radical (unpaired) electrons. The lowest BCUT2D eigenvalue weighted by molar-refractivity contribution is 0.168. The van der Waals surface area contributed by atoms with Gasteiger partial charge in [-0.25, -0.2) is 0 Å². The molecule has 6 nitrogen and oxygen atoms in total. The number of nitrogens with one attached hydrogen (secondary N) is 1. The zero-order chi connectivity index (χ0) is 15.7. The highest BCUT2D eigenvalue weighted by molar-refractivity contribution is 5.28. The predicted molar refractivity (Wildman–Crippen MR) is 83.6 cm³/mol. The number of rotatable bonds is 11. The first-order chi connectivity index (χ1) is 10.1. The molecule has 1 heterocycles. The van der Waals surface area contributed by atoms with Crippen molar-refractivity contribution < 1.29 is 13.9 Å². The van der Waals surface area contributed by atoms with Crippen LogP contribution in [0, 0.1) is 5.92 Å². The van der Waals surface area contributed by atoms with E-state index in [1.54, 1.807) is 20.5 Å². The van der Waals surface area contributed by atoms with Gasteiger partial charge in [0.15, 0.2) is 0 Å². The molecule has 0 aliphatic heterocycles. The molecule has 1 aromatic rings. The van der Waals surface area contributed by atoms with Crippen LogP contribution in [-0.2, 0) is 16.0 Å². The van der Waals surface area contributed by atoms with Crippen LogP contribution in [0.3, 0.4) is 0 Å². The largest absolute Gasteiger partial charge is 0.432 e. The van der Waals surface area contributed by atoms with Crippen molar-refractivity contribution >= 4 is 6.01 Å². The molecule has 1 N–H and O–H groups in total. The Morgan fingerprint density at radius 3 is 2.67 bits per heavy atom. The summed E-state index contributed by atoms with van der Waals surface area (Å²) in [6.45, 7) is 10.1. The number of hydrogen-bond donors (Lipinski definition) is 1. The minimum absolute atomic E-state index is 0.181. The predicted octanol–water partition coefficient (Wildman–Crippen LogP) is 1.91. The molecule has 1 aromatic heterocycles. The highest BCUT2D eigenvalue weighted by Gasteiger charge is 2.19. The topological polar surface area (TPSA) is 59.8 Å². The van der Waals surface area contributed by atoms with Crippen molar-refractivity contribution in [1.82, 2.24) is 10.3 Å². The Kier molecular flexibility index (Phi) is 8.34. The molecule has 21 heavy (non-hydrogen) atoms. The second kappa shape index (κ2) is 9.76. The Hall–Kier alpha value is -1.11. The molecule has 122 valence electrons. The van der Waals surface area contributed by atoms with Gasteiger partial charge in [-0.2, -0.15) is 4.98 Å². The van der Waals surface area contributed by atoms with E-state index in [9.17, 15) is 0 Å². The van der Waals surface area contributed by atoms with Crippen LogP contribution in [0.1, 0.15) is 26.5 Å². The van der Waals surface area contributed by atoms with Crippen LogP contribution in [0.5, 0.6) is 0 Å². The van der Waals surface area contributed by atoms with E-state index in [2.05, 4.69) is 36.0 Å². The van der Waals surface area contributed by atoms with Gasteiger partial charge in [0.1, 0.15) is 6.26 Å². The Bertz CT molecular complexity index is 382. The van der Waals surface area contributed by atoms with E-state index in [1.807, 2.05) is 0 Å². The lowest BCUT2D eigenvalue weighted by Crippen LogP contribution is -2.39. The maximum Gasteiger partial charge on any atom is 0.297 e. The van der Waals surface area contributed by atoms with Crippen molar-refractivity contribution in [3.8, 4) is 0 Å². The molecule has 0 spiro atoms. The van der Waals surface area contributed by atoms with Gasteiger partial charge in [0.05, 0.1) is 24.9 Å². The molecule has 0 saturated heterocycles. The van der Waals surface area contributed by atoms with Crippen LogP contribution < -0.4 is 10.2 Å². The summed E-state index contributed by atoms with van der Waals surface area (Å²) in [7, 11) is 3.39. The molecule has 1 rings (SSSR count).